The Morgan fingerprint density at radius 3 is 1.37 bits per heavy atom. The highest BCUT2D eigenvalue weighted by Crippen LogP contribution is 2.55. The van der Waals surface area contributed by atoms with Crippen LogP contribution >= 0.6 is 31.9 Å². The lowest BCUT2D eigenvalue weighted by molar-refractivity contribution is 0.0515. The van der Waals surface area contributed by atoms with Crippen LogP contribution in [0.4, 0.5) is 9.59 Å². The number of nitrogens with one attached hydrogen (secondary N) is 2. The fraction of sp³-hybridized carbons (Fsp3) is 0.600. The van der Waals surface area contributed by atoms with Crippen LogP contribution in [0.25, 0.3) is 11.1 Å². The Hall–Kier alpha value is -2.06. The van der Waals surface area contributed by atoms with Gasteiger partial charge in [0.25, 0.3) is 0 Å². The number of alkyl carbamates (subject to hydrolysis) is 2. The van der Waals surface area contributed by atoms with Crippen molar-refractivity contribution in [2.24, 2.45) is 0 Å². The maximum absolute atomic E-state index is 12.0. The number of carbonyl (C=O) groups is 2. The van der Waals surface area contributed by atoms with E-state index in [0.29, 0.717) is 13.1 Å². The molecule has 2 amide bonds. The molecule has 2 aromatic carbocycles. The van der Waals surface area contributed by atoms with E-state index >= 15 is 0 Å². The number of benzene rings is 2. The molecular weight excluding hydrogens is 672 g/mol. The summed E-state index contributed by atoms with van der Waals surface area (Å²) in [5.74, 6) is 0. The van der Waals surface area contributed by atoms with E-state index in [4.69, 9.17) is 9.47 Å². The summed E-state index contributed by atoms with van der Waals surface area (Å²) in [4.78, 5) is 23.9. The second-order valence-electron chi connectivity index (χ2n) is 13.6. The molecule has 0 saturated heterocycles. The van der Waals surface area contributed by atoms with Gasteiger partial charge in [-0.25, -0.2) is 9.59 Å². The van der Waals surface area contributed by atoms with Crippen LogP contribution < -0.4 is 10.6 Å². The van der Waals surface area contributed by atoms with E-state index in [-0.39, 0.29) is 17.6 Å². The van der Waals surface area contributed by atoms with Crippen LogP contribution in [0.5, 0.6) is 0 Å². The summed E-state index contributed by atoms with van der Waals surface area (Å²) in [5.41, 5.74) is 4.53. The van der Waals surface area contributed by atoms with E-state index in [1.807, 2.05) is 41.5 Å². The molecule has 0 aliphatic heterocycles. The lowest BCUT2D eigenvalue weighted by atomic mass is 9.70. The Morgan fingerprint density at radius 1 is 0.628 bits per heavy atom. The fourth-order valence-electron chi connectivity index (χ4n) is 5.92. The van der Waals surface area contributed by atoms with Crippen molar-refractivity contribution in [2.75, 3.05) is 13.1 Å². The molecule has 0 unspecified atom stereocenters. The lowest BCUT2D eigenvalue weighted by Crippen LogP contribution is -2.33. The molecule has 1 aliphatic carbocycles. The summed E-state index contributed by atoms with van der Waals surface area (Å²) in [6.45, 7) is 12.5. The molecule has 1 aliphatic rings. The first-order valence-electron chi connectivity index (χ1n) is 15.7. The summed E-state index contributed by atoms with van der Waals surface area (Å²) in [6, 6.07) is 13.5. The second kappa shape index (κ2) is 15.8. The maximum atomic E-state index is 12.0. The predicted octanol–water partition coefficient (Wildman–Crippen LogP) is 10.4. The van der Waals surface area contributed by atoms with Crippen molar-refractivity contribution >= 4 is 44.0 Å². The first-order valence-corrected chi connectivity index (χ1v) is 17.3. The van der Waals surface area contributed by atoms with E-state index < -0.39 is 11.2 Å². The zero-order valence-corrected chi connectivity index (χ0v) is 30.0. The molecular formula is C35H50Br2N2O4. The van der Waals surface area contributed by atoms with Gasteiger partial charge in [-0.2, -0.15) is 0 Å². The monoisotopic (exact) mass is 720 g/mol. The molecule has 3 rings (SSSR count). The van der Waals surface area contributed by atoms with Gasteiger partial charge in [-0.3, -0.25) is 0 Å². The van der Waals surface area contributed by atoms with E-state index in [2.05, 4.69) is 78.9 Å². The third-order valence-electron chi connectivity index (χ3n) is 7.68. The van der Waals surface area contributed by atoms with Gasteiger partial charge in [0.2, 0.25) is 0 Å². The molecule has 0 spiro atoms. The van der Waals surface area contributed by atoms with Crippen LogP contribution in [0.2, 0.25) is 0 Å². The third kappa shape index (κ3) is 11.1. The molecule has 0 heterocycles. The Morgan fingerprint density at radius 2 is 1.00 bits per heavy atom. The van der Waals surface area contributed by atoms with E-state index in [1.165, 1.54) is 22.3 Å². The number of hydrogen-bond acceptors (Lipinski definition) is 4. The lowest BCUT2D eigenvalue weighted by Gasteiger charge is -2.33. The van der Waals surface area contributed by atoms with Gasteiger partial charge >= 0.3 is 12.2 Å². The molecule has 6 nitrogen and oxygen atoms in total. The predicted molar refractivity (Wildman–Crippen MR) is 183 cm³/mol. The fourth-order valence-corrected chi connectivity index (χ4v) is 6.65. The van der Waals surface area contributed by atoms with Crippen molar-refractivity contribution in [3.8, 4) is 11.1 Å². The molecule has 0 bridgehead atoms. The Balaban J connectivity index is 1.60. The number of ether oxygens (including phenoxy) is 2. The van der Waals surface area contributed by atoms with Crippen molar-refractivity contribution in [1.29, 1.82) is 0 Å². The van der Waals surface area contributed by atoms with Gasteiger partial charge in [0.1, 0.15) is 11.2 Å². The SMILES string of the molecule is CC(C)(C)OC(=O)NCCCCCCC1(CCCCCCNC(=O)OC(C)(C)C)c2cc(Br)ccc2-c2ccc(Br)cc21. The average molecular weight is 723 g/mol. The summed E-state index contributed by atoms with van der Waals surface area (Å²) in [5, 5.41) is 5.76. The zero-order valence-electron chi connectivity index (χ0n) is 26.8. The van der Waals surface area contributed by atoms with Gasteiger partial charge in [0, 0.05) is 27.4 Å². The topological polar surface area (TPSA) is 76.7 Å². The minimum absolute atomic E-state index is 0.0399. The van der Waals surface area contributed by atoms with E-state index in [9.17, 15) is 9.59 Å². The minimum atomic E-state index is -0.479. The molecule has 8 heteroatoms. The van der Waals surface area contributed by atoms with Gasteiger partial charge in [-0.05, 0) is 114 Å². The van der Waals surface area contributed by atoms with Gasteiger partial charge in [0.05, 0.1) is 0 Å². The number of amides is 2. The molecule has 238 valence electrons. The highest BCUT2D eigenvalue weighted by Gasteiger charge is 2.42. The van der Waals surface area contributed by atoms with Crippen molar-refractivity contribution < 1.29 is 19.1 Å². The van der Waals surface area contributed by atoms with Crippen LogP contribution in [0.1, 0.15) is 117 Å². The zero-order chi connectivity index (χ0) is 31.7. The average Bonchev–Trinajstić information content (AvgIpc) is 3.13. The minimum Gasteiger partial charge on any atom is -0.444 e. The van der Waals surface area contributed by atoms with Gasteiger partial charge in [-0.1, -0.05) is 82.5 Å². The number of carbonyl (C=O) groups excluding carboxylic acids is 2. The highest BCUT2D eigenvalue weighted by atomic mass is 79.9. The maximum Gasteiger partial charge on any atom is 0.407 e. The molecule has 43 heavy (non-hydrogen) atoms. The normalized spacial score (nSPS) is 13.7. The quantitative estimate of drug-likeness (QED) is 0.190. The Kier molecular flexibility index (Phi) is 13.0. The van der Waals surface area contributed by atoms with Gasteiger partial charge in [-0.15, -0.1) is 0 Å². The number of unbranched alkanes of at least 4 members (excludes halogenated alkanes) is 6. The summed E-state index contributed by atoms with van der Waals surface area (Å²) in [6.07, 6.45) is 9.93. The molecule has 0 atom stereocenters. The number of halogens is 2. The molecule has 0 radical (unpaired) electrons. The van der Waals surface area contributed by atoms with Crippen molar-refractivity contribution in [1.82, 2.24) is 10.6 Å². The third-order valence-corrected chi connectivity index (χ3v) is 8.67. The van der Waals surface area contributed by atoms with Crippen LogP contribution in [0.15, 0.2) is 45.3 Å². The van der Waals surface area contributed by atoms with Crippen LogP contribution in [-0.4, -0.2) is 36.5 Å². The Labute approximate surface area is 275 Å². The highest BCUT2D eigenvalue weighted by molar-refractivity contribution is 9.10. The van der Waals surface area contributed by atoms with Crippen LogP contribution in [0.3, 0.4) is 0 Å². The second-order valence-corrected chi connectivity index (χ2v) is 15.5. The molecule has 2 aromatic rings. The van der Waals surface area contributed by atoms with Crippen molar-refractivity contribution in [3.05, 3.63) is 56.5 Å². The first-order chi connectivity index (χ1) is 20.2. The molecule has 0 saturated carbocycles. The molecule has 0 aromatic heterocycles. The number of rotatable bonds is 14. The van der Waals surface area contributed by atoms with E-state index in [0.717, 1.165) is 73.2 Å². The largest absolute Gasteiger partial charge is 0.444 e. The summed E-state index contributed by atoms with van der Waals surface area (Å²) < 4.78 is 12.9. The molecule has 2 N–H and O–H groups in total. The smallest absolute Gasteiger partial charge is 0.407 e. The van der Waals surface area contributed by atoms with E-state index in [1.54, 1.807) is 0 Å². The summed E-state index contributed by atoms with van der Waals surface area (Å²) >= 11 is 7.51. The molecule has 0 fully saturated rings. The van der Waals surface area contributed by atoms with Crippen LogP contribution in [0, 0.1) is 0 Å². The van der Waals surface area contributed by atoms with Gasteiger partial charge < -0.3 is 20.1 Å². The first kappa shape index (κ1) is 35.4. The Bertz CT molecular complexity index is 1140. The van der Waals surface area contributed by atoms with Crippen molar-refractivity contribution in [2.45, 2.75) is 122 Å². The standard InChI is InChI=1S/C35H50Br2N2O4/c1-33(2,3)42-31(40)38-21-13-9-7-11-19-35(20-12-8-10-14-22-39-32(41)43-34(4,5)6)29-23-25(36)15-17-27(29)28-18-16-26(37)24-30(28)35/h15-18,23-24H,7-14,19-22H2,1-6H3,(H,38,40)(H,39,41). The van der Waals surface area contributed by atoms with Gasteiger partial charge in [0.15, 0.2) is 0 Å². The summed E-state index contributed by atoms with van der Waals surface area (Å²) in [7, 11) is 0. The van der Waals surface area contributed by atoms with Crippen LogP contribution in [-0.2, 0) is 14.9 Å². The number of hydrogen-bond donors (Lipinski definition) is 2. The van der Waals surface area contributed by atoms with Crippen molar-refractivity contribution in [3.63, 3.8) is 0 Å². The number of fused-ring (bicyclic) bond motifs is 3.